The Hall–Kier alpha value is -2.09. The molecule has 0 radical (unpaired) electrons. The van der Waals surface area contributed by atoms with E-state index in [2.05, 4.69) is 24.3 Å². The van der Waals surface area contributed by atoms with Crippen molar-refractivity contribution in [3.8, 4) is 11.5 Å². The highest BCUT2D eigenvalue weighted by molar-refractivity contribution is 8.25. The molecule has 0 saturated carbocycles. The molecule has 0 N–H and O–H groups in total. The third-order valence-corrected chi connectivity index (χ3v) is 8.89. The normalized spacial score (nSPS) is 11.1. The summed E-state index contributed by atoms with van der Waals surface area (Å²) in [5.74, 6) is 1.54. The molecule has 122 valence electrons. The van der Waals surface area contributed by atoms with Crippen LogP contribution < -0.4 is 25.4 Å². The summed E-state index contributed by atoms with van der Waals surface area (Å²) in [4.78, 5) is 0. The number of hydrogen-bond donors (Lipinski definition) is 0. The maximum atomic E-state index is 6.36. The molecule has 0 atom stereocenters. The average molecular weight is 354 g/mol. The van der Waals surface area contributed by atoms with E-state index >= 15 is 0 Å². The molecule has 0 saturated heterocycles. The molecule has 0 aromatic heterocycles. The fraction of sp³-hybridized carbons (Fsp3) is 0.100. The molecule has 0 spiro atoms. The van der Waals surface area contributed by atoms with E-state index < -0.39 is 6.04 Å². The fourth-order valence-corrected chi connectivity index (χ4v) is 7.05. The molecule has 0 heterocycles. The van der Waals surface area contributed by atoms with Crippen LogP contribution >= 0.6 is 6.04 Å². The maximum Gasteiger partial charge on any atom is 0.131 e. The van der Waals surface area contributed by atoms with Crippen molar-refractivity contribution in [2.75, 3.05) is 14.2 Å². The van der Waals surface area contributed by atoms with Crippen molar-refractivity contribution < 1.29 is 9.47 Å². The number of methoxy groups -OCH3 is 2. The summed E-state index contributed by atoms with van der Waals surface area (Å²) in [6.45, 7) is 0. The Balaban J connectivity index is 2.39. The van der Waals surface area contributed by atoms with Crippen LogP contribution in [0.4, 0.5) is 0 Å². The second-order valence-electron chi connectivity index (χ2n) is 5.29. The molecule has 0 bridgehead atoms. The summed E-state index contributed by atoms with van der Waals surface area (Å²) in [7, 11) is 3.35. The first-order valence-corrected chi connectivity index (χ1v) is 10.4. The van der Waals surface area contributed by atoms with Crippen molar-refractivity contribution in [2.24, 2.45) is 0 Å². The van der Waals surface area contributed by atoms with E-state index in [4.69, 9.17) is 21.3 Å². The standard InChI is InChI=1S/C20H19O2PS/c1-21-18-14-9-15-19(22-2)20(18)23(24,16-10-5-3-6-11-16)17-12-7-4-8-13-17/h3-15H,1-2H3. The van der Waals surface area contributed by atoms with E-state index in [1.54, 1.807) is 14.2 Å². The largest absolute Gasteiger partial charge is 0.496 e. The Morgan fingerprint density at radius 3 is 1.42 bits per heavy atom. The van der Waals surface area contributed by atoms with Crippen molar-refractivity contribution in [3.05, 3.63) is 78.9 Å². The van der Waals surface area contributed by atoms with Crippen LogP contribution in [-0.2, 0) is 11.8 Å². The van der Waals surface area contributed by atoms with E-state index in [0.717, 1.165) is 27.4 Å². The predicted molar refractivity (Wildman–Crippen MR) is 106 cm³/mol. The van der Waals surface area contributed by atoms with Gasteiger partial charge in [0, 0.05) is 6.04 Å². The van der Waals surface area contributed by atoms with E-state index in [-0.39, 0.29) is 0 Å². The molecule has 0 aliphatic heterocycles. The molecule has 0 amide bonds. The maximum absolute atomic E-state index is 6.36. The van der Waals surface area contributed by atoms with Crippen LogP contribution in [0.15, 0.2) is 78.9 Å². The first kappa shape index (κ1) is 16.8. The third kappa shape index (κ3) is 2.86. The van der Waals surface area contributed by atoms with E-state index in [1.807, 2.05) is 54.6 Å². The van der Waals surface area contributed by atoms with Crippen LogP contribution in [0.3, 0.4) is 0 Å². The summed E-state index contributed by atoms with van der Waals surface area (Å²) in [6, 6.07) is 24.0. The molecular formula is C20H19O2PS. The van der Waals surface area contributed by atoms with Crippen molar-refractivity contribution in [1.29, 1.82) is 0 Å². The van der Waals surface area contributed by atoms with E-state index in [9.17, 15) is 0 Å². The lowest BCUT2D eigenvalue weighted by Gasteiger charge is -2.27. The summed E-state index contributed by atoms with van der Waals surface area (Å²) in [5.41, 5.74) is 0. The molecule has 0 unspecified atom stereocenters. The van der Waals surface area contributed by atoms with Gasteiger partial charge >= 0.3 is 0 Å². The topological polar surface area (TPSA) is 18.5 Å². The van der Waals surface area contributed by atoms with Gasteiger partial charge in [-0.3, -0.25) is 0 Å². The first-order valence-electron chi connectivity index (χ1n) is 7.64. The van der Waals surface area contributed by atoms with Crippen LogP contribution in [0, 0.1) is 0 Å². The lowest BCUT2D eigenvalue weighted by atomic mass is 10.3. The fourth-order valence-electron chi connectivity index (χ4n) is 2.83. The Morgan fingerprint density at radius 2 is 1.04 bits per heavy atom. The molecule has 0 aliphatic rings. The molecule has 2 nitrogen and oxygen atoms in total. The summed E-state index contributed by atoms with van der Waals surface area (Å²) in [6.07, 6.45) is 0. The first-order chi connectivity index (χ1) is 11.7. The van der Waals surface area contributed by atoms with Gasteiger partial charge in [-0.2, -0.15) is 0 Å². The van der Waals surface area contributed by atoms with Gasteiger partial charge in [-0.05, 0) is 22.7 Å². The minimum atomic E-state index is -2.30. The Morgan fingerprint density at radius 1 is 0.625 bits per heavy atom. The Kier molecular flexibility index (Phi) is 5.03. The van der Waals surface area contributed by atoms with Gasteiger partial charge in [0.25, 0.3) is 0 Å². The van der Waals surface area contributed by atoms with Crippen LogP contribution in [0.5, 0.6) is 11.5 Å². The monoisotopic (exact) mass is 354 g/mol. The molecular weight excluding hydrogens is 335 g/mol. The molecule has 0 aliphatic carbocycles. The SMILES string of the molecule is COc1cccc(OC)c1P(=S)(c1ccccc1)c1ccccc1. The van der Waals surface area contributed by atoms with Gasteiger partial charge in [-0.25, -0.2) is 0 Å². The van der Waals surface area contributed by atoms with Gasteiger partial charge in [-0.15, -0.1) is 0 Å². The van der Waals surface area contributed by atoms with Crippen LogP contribution in [0.1, 0.15) is 0 Å². The summed E-state index contributed by atoms with van der Waals surface area (Å²) < 4.78 is 11.3. The number of rotatable bonds is 5. The lowest BCUT2D eigenvalue weighted by molar-refractivity contribution is 0.401. The van der Waals surface area contributed by atoms with Crippen molar-refractivity contribution in [2.45, 2.75) is 0 Å². The molecule has 24 heavy (non-hydrogen) atoms. The van der Waals surface area contributed by atoms with Gasteiger partial charge < -0.3 is 9.47 Å². The second-order valence-corrected chi connectivity index (χ2v) is 9.63. The van der Waals surface area contributed by atoms with Crippen molar-refractivity contribution in [1.82, 2.24) is 0 Å². The number of ether oxygens (including phenoxy) is 2. The third-order valence-electron chi connectivity index (χ3n) is 3.96. The van der Waals surface area contributed by atoms with Gasteiger partial charge in [0.1, 0.15) is 11.5 Å². The van der Waals surface area contributed by atoms with Gasteiger partial charge in [0.05, 0.1) is 19.5 Å². The van der Waals surface area contributed by atoms with Crippen LogP contribution in [-0.4, -0.2) is 14.2 Å². The summed E-state index contributed by atoms with van der Waals surface area (Å²) in [5, 5.41) is 3.20. The Bertz CT molecular complexity index is 798. The minimum absolute atomic E-state index is 0.769. The van der Waals surface area contributed by atoms with E-state index in [1.165, 1.54) is 0 Å². The highest BCUT2D eigenvalue weighted by Gasteiger charge is 2.31. The quantitative estimate of drug-likeness (QED) is 0.654. The summed E-state index contributed by atoms with van der Waals surface area (Å²) >= 11 is 6.36. The number of benzene rings is 3. The van der Waals surface area contributed by atoms with Gasteiger partial charge in [-0.1, -0.05) is 78.5 Å². The smallest absolute Gasteiger partial charge is 0.131 e. The molecule has 0 fully saturated rings. The van der Waals surface area contributed by atoms with Gasteiger partial charge in [0.15, 0.2) is 0 Å². The zero-order valence-electron chi connectivity index (χ0n) is 13.7. The highest BCUT2D eigenvalue weighted by Crippen LogP contribution is 2.48. The van der Waals surface area contributed by atoms with E-state index in [0.29, 0.717) is 0 Å². The zero-order chi connectivity index (χ0) is 17.0. The molecule has 3 rings (SSSR count). The second kappa shape index (κ2) is 7.21. The number of hydrogen-bond acceptors (Lipinski definition) is 3. The van der Waals surface area contributed by atoms with Crippen molar-refractivity contribution >= 4 is 33.8 Å². The van der Waals surface area contributed by atoms with Gasteiger partial charge in [0.2, 0.25) is 0 Å². The average Bonchev–Trinajstić information content (AvgIpc) is 2.68. The Labute approximate surface area is 148 Å². The van der Waals surface area contributed by atoms with Crippen LogP contribution in [0.2, 0.25) is 0 Å². The molecule has 3 aromatic carbocycles. The minimum Gasteiger partial charge on any atom is -0.496 e. The zero-order valence-corrected chi connectivity index (χ0v) is 15.4. The predicted octanol–water partition coefficient (Wildman–Crippen LogP) is 3.46. The molecule has 4 heteroatoms. The molecule has 3 aromatic rings. The lowest BCUT2D eigenvalue weighted by Crippen LogP contribution is -2.27. The van der Waals surface area contributed by atoms with Crippen LogP contribution in [0.25, 0.3) is 0 Å². The van der Waals surface area contributed by atoms with Crippen molar-refractivity contribution in [3.63, 3.8) is 0 Å². The highest BCUT2D eigenvalue weighted by atomic mass is 32.4.